The van der Waals surface area contributed by atoms with Crippen LogP contribution < -0.4 is 14.8 Å². The first kappa shape index (κ1) is 25.5. The molecular weight excluding hydrogens is 551 g/mol. The van der Waals surface area contributed by atoms with E-state index in [0.717, 1.165) is 21.1 Å². The smallest absolute Gasteiger partial charge is 0.294 e. The summed E-state index contributed by atoms with van der Waals surface area (Å²) in [7, 11) is 1.47. The van der Waals surface area contributed by atoms with Gasteiger partial charge in [-0.3, -0.25) is 19.3 Å². The van der Waals surface area contributed by atoms with E-state index in [-0.39, 0.29) is 17.3 Å². The van der Waals surface area contributed by atoms with Crippen molar-refractivity contribution in [3.05, 3.63) is 93.1 Å². The molecule has 0 unspecified atom stereocenters. The van der Waals surface area contributed by atoms with Gasteiger partial charge in [0.2, 0.25) is 5.91 Å². The molecule has 0 aliphatic carbocycles. The van der Waals surface area contributed by atoms with Gasteiger partial charge in [0.25, 0.3) is 11.1 Å². The molecule has 1 saturated heterocycles. The molecule has 0 atom stereocenters. The molecule has 0 radical (unpaired) electrons. The Morgan fingerprint density at radius 3 is 2.61 bits per heavy atom. The van der Waals surface area contributed by atoms with Crippen molar-refractivity contribution in [2.24, 2.45) is 0 Å². The Kier molecular flexibility index (Phi) is 8.07. The Labute approximate surface area is 219 Å². The SMILES string of the molecule is COc1ccccc1NC(=O)CN1C(=O)S/C(=C\c2cc(Br)ccc2OCc2ccccc2F)C1=O. The molecule has 4 rings (SSSR count). The fourth-order valence-corrected chi connectivity index (χ4v) is 4.60. The Hall–Kier alpha value is -3.63. The molecule has 184 valence electrons. The Balaban J connectivity index is 1.49. The van der Waals surface area contributed by atoms with E-state index in [1.54, 1.807) is 60.7 Å². The monoisotopic (exact) mass is 570 g/mol. The highest BCUT2D eigenvalue weighted by Crippen LogP contribution is 2.35. The third kappa shape index (κ3) is 5.95. The number of imide groups is 1. The van der Waals surface area contributed by atoms with Crippen molar-refractivity contribution >= 4 is 56.5 Å². The molecule has 3 amide bonds. The van der Waals surface area contributed by atoms with Crippen molar-refractivity contribution in [3.63, 3.8) is 0 Å². The van der Waals surface area contributed by atoms with Gasteiger partial charge in [-0.25, -0.2) is 4.39 Å². The van der Waals surface area contributed by atoms with Crippen LogP contribution in [0.25, 0.3) is 6.08 Å². The first-order valence-corrected chi connectivity index (χ1v) is 12.3. The molecule has 3 aromatic rings. The van der Waals surface area contributed by atoms with Crippen LogP contribution in [0.2, 0.25) is 0 Å². The molecule has 0 bridgehead atoms. The van der Waals surface area contributed by atoms with E-state index in [4.69, 9.17) is 9.47 Å². The highest BCUT2D eigenvalue weighted by atomic mass is 79.9. The second-order valence-corrected chi connectivity index (χ2v) is 9.49. The minimum absolute atomic E-state index is 0.0141. The van der Waals surface area contributed by atoms with E-state index >= 15 is 0 Å². The van der Waals surface area contributed by atoms with E-state index in [9.17, 15) is 18.8 Å². The van der Waals surface area contributed by atoms with Crippen molar-refractivity contribution in [1.29, 1.82) is 0 Å². The number of anilines is 1. The van der Waals surface area contributed by atoms with E-state index in [1.165, 1.54) is 19.3 Å². The van der Waals surface area contributed by atoms with Crippen molar-refractivity contribution in [2.45, 2.75) is 6.61 Å². The lowest BCUT2D eigenvalue weighted by atomic mass is 10.1. The Bertz CT molecular complexity index is 1360. The van der Waals surface area contributed by atoms with Crippen LogP contribution in [-0.4, -0.2) is 35.6 Å². The summed E-state index contributed by atoms with van der Waals surface area (Å²) in [5.41, 5.74) is 1.33. The Morgan fingerprint density at radius 2 is 1.83 bits per heavy atom. The summed E-state index contributed by atoms with van der Waals surface area (Å²) in [6.45, 7) is -0.463. The molecule has 1 N–H and O–H groups in total. The molecule has 1 heterocycles. The van der Waals surface area contributed by atoms with Crippen LogP contribution in [0.1, 0.15) is 11.1 Å². The van der Waals surface area contributed by atoms with Gasteiger partial charge in [0, 0.05) is 15.6 Å². The number of nitrogens with zero attached hydrogens (tertiary/aromatic N) is 1. The summed E-state index contributed by atoms with van der Waals surface area (Å²) >= 11 is 4.12. The minimum Gasteiger partial charge on any atom is -0.495 e. The van der Waals surface area contributed by atoms with Crippen molar-refractivity contribution in [2.75, 3.05) is 19.0 Å². The third-order valence-corrected chi connectivity index (χ3v) is 6.56. The molecule has 1 aliphatic rings. The van der Waals surface area contributed by atoms with E-state index in [0.29, 0.717) is 28.3 Å². The van der Waals surface area contributed by atoms with Gasteiger partial charge in [-0.2, -0.15) is 0 Å². The highest BCUT2D eigenvalue weighted by Gasteiger charge is 2.36. The first-order valence-electron chi connectivity index (χ1n) is 10.7. The average molecular weight is 571 g/mol. The summed E-state index contributed by atoms with van der Waals surface area (Å²) in [5, 5.41) is 2.09. The van der Waals surface area contributed by atoms with Gasteiger partial charge in [0.1, 0.15) is 30.5 Å². The standard InChI is InChI=1S/C26H20BrFN2O5S/c1-34-22-9-5-4-8-20(22)29-24(31)14-30-25(32)23(36-26(30)33)13-17-12-18(27)10-11-21(17)35-15-16-6-2-3-7-19(16)28/h2-13H,14-15H2,1H3,(H,29,31)/b23-13-. The third-order valence-electron chi connectivity index (χ3n) is 5.16. The predicted molar refractivity (Wildman–Crippen MR) is 139 cm³/mol. The molecule has 1 aliphatic heterocycles. The number of carbonyl (C=O) groups excluding carboxylic acids is 3. The number of para-hydroxylation sites is 2. The van der Waals surface area contributed by atoms with Gasteiger partial charge in [-0.15, -0.1) is 0 Å². The lowest BCUT2D eigenvalue weighted by Crippen LogP contribution is -2.36. The quantitative estimate of drug-likeness (QED) is 0.342. The lowest BCUT2D eigenvalue weighted by Gasteiger charge is -2.14. The van der Waals surface area contributed by atoms with E-state index in [2.05, 4.69) is 21.2 Å². The van der Waals surface area contributed by atoms with Gasteiger partial charge in [-0.05, 0) is 54.2 Å². The van der Waals surface area contributed by atoms with Crippen LogP contribution in [0.5, 0.6) is 11.5 Å². The fraction of sp³-hybridized carbons (Fsp3) is 0.115. The van der Waals surface area contributed by atoms with Crippen LogP contribution in [0.15, 0.2) is 76.1 Å². The predicted octanol–water partition coefficient (Wildman–Crippen LogP) is 5.85. The number of thioether (sulfide) groups is 1. The zero-order valence-corrected chi connectivity index (χ0v) is 21.4. The maximum atomic E-state index is 14.0. The number of amides is 3. The molecule has 7 nitrogen and oxygen atoms in total. The maximum Gasteiger partial charge on any atom is 0.294 e. The van der Waals surface area contributed by atoms with Gasteiger partial charge < -0.3 is 14.8 Å². The highest BCUT2D eigenvalue weighted by molar-refractivity contribution is 9.10. The van der Waals surface area contributed by atoms with Crippen molar-refractivity contribution in [3.8, 4) is 11.5 Å². The topological polar surface area (TPSA) is 84.9 Å². The zero-order valence-electron chi connectivity index (χ0n) is 19.0. The van der Waals surface area contributed by atoms with Crippen LogP contribution in [0.4, 0.5) is 14.9 Å². The summed E-state index contributed by atoms with van der Waals surface area (Å²) in [5.74, 6) is -0.664. The number of methoxy groups -OCH3 is 1. The fourth-order valence-electron chi connectivity index (χ4n) is 3.39. The maximum absolute atomic E-state index is 14.0. The first-order chi connectivity index (χ1) is 17.4. The van der Waals surface area contributed by atoms with Crippen LogP contribution >= 0.6 is 27.7 Å². The number of benzene rings is 3. The molecule has 0 aromatic heterocycles. The van der Waals surface area contributed by atoms with E-state index in [1.807, 2.05) is 0 Å². The Morgan fingerprint density at radius 1 is 1.08 bits per heavy atom. The normalized spacial score (nSPS) is 14.3. The number of halogens is 2. The average Bonchev–Trinajstić information content (AvgIpc) is 3.12. The summed E-state index contributed by atoms with van der Waals surface area (Å²) in [6, 6.07) is 18.2. The number of nitrogens with one attached hydrogen (secondary N) is 1. The molecule has 0 spiro atoms. The molecular formula is C26H20BrFN2O5S. The van der Waals surface area contributed by atoms with Crippen LogP contribution in [-0.2, 0) is 16.2 Å². The summed E-state index contributed by atoms with van der Waals surface area (Å²) in [6.07, 6.45) is 1.52. The number of ether oxygens (including phenoxy) is 2. The van der Waals surface area contributed by atoms with Gasteiger partial charge in [0.15, 0.2) is 0 Å². The molecule has 10 heteroatoms. The van der Waals surface area contributed by atoms with Crippen molar-refractivity contribution < 1.29 is 28.2 Å². The molecule has 36 heavy (non-hydrogen) atoms. The molecule has 3 aromatic carbocycles. The number of carbonyl (C=O) groups is 3. The second-order valence-electron chi connectivity index (χ2n) is 7.58. The summed E-state index contributed by atoms with van der Waals surface area (Å²) < 4.78 is 25.7. The second kappa shape index (κ2) is 11.4. The minimum atomic E-state index is -0.597. The number of hydrogen-bond acceptors (Lipinski definition) is 6. The largest absolute Gasteiger partial charge is 0.495 e. The van der Waals surface area contributed by atoms with Gasteiger partial charge in [0.05, 0.1) is 17.7 Å². The van der Waals surface area contributed by atoms with Gasteiger partial charge >= 0.3 is 0 Å². The summed E-state index contributed by atoms with van der Waals surface area (Å²) in [4.78, 5) is 39.1. The zero-order chi connectivity index (χ0) is 25.7. The van der Waals surface area contributed by atoms with Gasteiger partial charge in [-0.1, -0.05) is 46.3 Å². The van der Waals surface area contributed by atoms with Crippen LogP contribution in [0, 0.1) is 5.82 Å². The lowest BCUT2D eigenvalue weighted by molar-refractivity contribution is -0.127. The number of hydrogen-bond donors (Lipinski definition) is 1. The number of rotatable bonds is 8. The molecule has 1 fully saturated rings. The van der Waals surface area contributed by atoms with Crippen LogP contribution in [0.3, 0.4) is 0 Å². The molecule has 0 saturated carbocycles. The van der Waals surface area contributed by atoms with E-state index < -0.39 is 23.6 Å². The van der Waals surface area contributed by atoms with Crippen molar-refractivity contribution in [1.82, 2.24) is 4.90 Å².